The average Bonchev–Trinajstić information content (AvgIpc) is 3.32. The van der Waals surface area contributed by atoms with Crippen molar-refractivity contribution in [2.45, 2.75) is 324 Å². The van der Waals surface area contributed by atoms with Gasteiger partial charge in [0, 0.05) is 12.8 Å². The zero-order valence-electron chi connectivity index (χ0n) is 46.1. The maximum atomic E-state index is 12.2. The predicted molar refractivity (Wildman–Crippen MR) is 292 cm³/mol. The maximum Gasteiger partial charge on any atom is 0.305 e. The number of hydrogen-bond acceptors (Lipinski definition) is 6. The maximum absolute atomic E-state index is 12.2. The quantitative estimate of drug-likeness (QED) is 0.0467. The molecule has 0 spiro atoms. The number of rotatable bonds is 54. The molecule has 0 aromatic heterocycles. The molecule has 2 N–H and O–H groups in total. The summed E-state index contributed by atoms with van der Waals surface area (Å²) >= 11 is 0. The van der Waals surface area contributed by atoms with Crippen molar-refractivity contribution in [2.75, 3.05) is 39.4 Å². The topological polar surface area (TPSA) is 76.7 Å². The fraction of sp³-hybridized carbons (Fsp3) is 0.967. The Kier molecular flexibility index (Phi) is 60.8. The van der Waals surface area contributed by atoms with Crippen LogP contribution in [0.15, 0.2) is 0 Å². The molecule has 66 heavy (non-hydrogen) atoms. The van der Waals surface area contributed by atoms with Gasteiger partial charge in [0.15, 0.2) is 0 Å². The molecule has 0 saturated carbocycles. The highest BCUT2D eigenvalue weighted by Crippen LogP contribution is 2.21. The SMILES string of the molecule is CCCCCCCCNCCCCCC(=O)OCC(CCCCCC)CCCCCCCC.CCCCCCCCNCCCCCC(=O)OCC(CCCCCC)CCCCCCCC. The Bertz CT molecular complexity index is 843. The van der Waals surface area contributed by atoms with Gasteiger partial charge in [-0.25, -0.2) is 0 Å². The first-order valence-corrected chi connectivity index (χ1v) is 30.2. The Morgan fingerprint density at radius 2 is 0.500 bits per heavy atom. The van der Waals surface area contributed by atoms with Gasteiger partial charge in [-0.1, -0.05) is 247 Å². The van der Waals surface area contributed by atoms with Crippen molar-refractivity contribution < 1.29 is 19.1 Å². The Morgan fingerprint density at radius 1 is 0.288 bits per heavy atom. The van der Waals surface area contributed by atoms with Crippen molar-refractivity contribution in [1.29, 1.82) is 0 Å². The molecule has 6 nitrogen and oxygen atoms in total. The number of esters is 2. The summed E-state index contributed by atoms with van der Waals surface area (Å²) in [5.74, 6) is 1.19. The van der Waals surface area contributed by atoms with E-state index in [2.05, 4.69) is 52.2 Å². The molecule has 2 atom stereocenters. The fourth-order valence-electron chi connectivity index (χ4n) is 9.04. The zero-order valence-corrected chi connectivity index (χ0v) is 46.1. The minimum absolute atomic E-state index is 0.0246. The summed E-state index contributed by atoms with van der Waals surface area (Å²) in [7, 11) is 0. The van der Waals surface area contributed by atoms with E-state index in [0.717, 1.165) is 51.9 Å². The van der Waals surface area contributed by atoms with Crippen molar-refractivity contribution >= 4 is 11.9 Å². The van der Waals surface area contributed by atoms with Crippen LogP contribution in [0.2, 0.25) is 0 Å². The average molecular weight is 936 g/mol. The van der Waals surface area contributed by atoms with E-state index in [4.69, 9.17) is 9.47 Å². The van der Waals surface area contributed by atoms with Crippen LogP contribution in [0.1, 0.15) is 324 Å². The van der Waals surface area contributed by atoms with Crippen molar-refractivity contribution in [1.82, 2.24) is 10.6 Å². The predicted octanol–water partition coefficient (Wildman–Crippen LogP) is 18.8. The smallest absolute Gasteiger partial charge is 0.305 e. The Morgan fingerprint density at radius 3 is 0.773 bits per heavy atom. The van der Waals surface area contributed by atoms with Gasteiger partial charge < -0.3 is 20.1 Å². The van der Waals surface area contributed by atoms with Gasteiger partial charge in [0.1, 0.15) is 0 Å². The molecule has 0 saturated heterocycles. The van der Waals surface area contributed by atoms with Gasteiger partial charge >= 0.3 is 11.9 Å². The molecule has 0 fully saturated rings. The van der Waals surface area contributed by atoms with E-state index >= 15 is 0 Å². The highest BCUT2D eigenvalue weighted by Gasteiger charge is 2.14. The largest absolute Gasteiger partial charge is 0.465 e. The number of carbonyl (C=O) groups excluding carboxylic acids is 2. The van der Waals surface area contributed by atoms with E-state index in [1.807, 2.05) is 0 Å². The first kappa shape index (κ1) is 66.9. The number of unbranched alkanes of at least 4 members (excludes halogenated alkanes) is 30. The standard InChI is InChI=1S/2C30H61NO2/c2*1-4-7-10-13-15-19-24-29(23-18-12-9-6-3)28-33-30(32)25-20-17-22-27-31-26-21-16-14-11-8-5-2/h2*29,31H,4-28H2,1-3H3. The van der Waals surface area contributed by atoms with Crippen LogP contribution in [0.3, 0.4) is 0 Å². The lowest BCUT2D eigenvalue weighted by molar-refractivity contribution is -0.146. The van der Waals surface area contributed by atoms with Gasteiger partial charge in [0.2, 0.25) is 0 Å². The van der Waals surface area contributed by atoms with Gasteiger partial charge in [0.05, 0.1) is 13.2 Å². The van der Waals surface area contributed by atoms with Crippen molar-refractivity contribution in [3.05, 3.63) is 0 Å². The van der Waals surface area contributed by atoms with Crippen LogP contribution in [-0.4, -0.2) is 51.3 Å². The highest BCUT2D eigenvalue weighted by molar-refractivity contribution is 5.69. The van der Waals surface area contributed by atoms with E-state index in [-0.39, 0.29) is 11.9 Å². The molecule has 0 rings (SSSR count). The molecule has 0 aromatic rings. The van der Waals surface area contributed by atoms with Gasteiger partial charge in [-0.15, -0.1) is 0 Å². The Balaban J connectivity index is 0. The first-order valence-electron chi connectivity index (χ1n) is 30.2. The molecule has 0 amide bonds. The normalized spacial score (nSPS) is 12.2. The summed E-state index contributed by atoms with van der Waals surface area (Å²) in [6.45, 7) is 19.4. The van der Waals surface area contributed by atoms with Crippen molar-refractivity contribution in [3.8, 4) is 0 Å². The molecule has 0 heterocycles. The van der Waals surface area contributed by atoms with Gasteiger partial charge in [0.25, 0.3) is 0 Å². The molecule has 0 aliphatic rings. The highest BCUT2D eigenvalue weighted by atomic mass is 16.5. The molecule has 0 radical (unpaired) electrons. The second-order valence-electron chi connectivity index (χ2n) is 20.6. The van der Waals surface area contributed by atoms with Crippen LogP contribution >= 0.6 is 0 Å². The first-order chi connectivity index (χ1) is 32.5. The van der Waals surface area contributed by atoms with Gasteiger partial charge in [-0.2, -0.15) is 0 Å². The van der Waals surface area contributed by atoms with Crippen molar-refractivity contribution in [3.63, 3.8) is 0 Å². The number of ether oxygens (including phenoxy) is 2. The summed E-state index contributed by atoms with van der Waals surface area (Å²) in [5, 5.41) is 7.10. The molecule has 0 bridgehead atoms. The van der Waals surface area contributed by atoms with E-state index in [0.29, 0.717) is 37.9 Å². The van der Waals surface area contributed by atoms with Gasteiger partial charge in [-0.05, 0) is 102 Å². The van der Waals surface area contributed by atoms with E-state index < -0.39 is 0 Å². The minimum Gasteiger partial charge on any atom is -0.465 e. The summed E-state index contributed by atoms with van der Waals surface area (Å²) in [4.78, 5) is 24.4. The molecule has 0 aromatic carbocycles. The Hall–Kier alpha value is -1.14. The third-order valence-electron chi connectivity index (χ3n) is 13.7. The third-order valence-corrected chi connectivity index (χ3v) is 13.7. The lowest BCUT2D eigenvalue weighted by Gasteiger charge is -2.17. The van der Waals surface area contributed by atoms with Crippen molar-refractivity contribution in [2.24, 2.45) is 11.8 Å². The van der Waals surface area contributed by atoms with Gasteiger partial charge in [-0.3, -0.25) is 9.59 Å². The van der Waals surface area contributed by atoms with Crippen LogP contribution in [0, 0.1) is 11.8 Å². The second-order valence-corrected chi connectivity index (χ2v) is 20.6. The van der Waals surface area contributed by atoms with Crippen LogP contribution in [0.5, 0.6) is 0 Å². The lowest BCUT2D eigenvalue weighted by Crippen LogP contribution is -2.17. The van der Waals surface area contributed by atoms with Crippen LogP contribution in [-0.2, 0) is 19.1 Å². The number of carbonyl (C=O) groups is 2. The minimum atomic E-state index is 0.0246. The van der Waals surface area contributed by atoms with Crippen LogP contribution in [0.25, 0.3) is 0 Å². The zero-order chi connectivity index (χ0) is 48.5. The third kappa shape index (κ3) is 57.2. The molecular formula is C60H122N2O4. The monoisotopic (exact) mass is 935 g/mol. The van der Waals surface area contributed by atoms with E-state index in [1.165, 1.54) is 244 Å². The lowest BCUT2D eigenvalue weighted by atomic mass is 9.95. The van der Waals surface area contributed by atoms with Crippen LogP contribution in [0.4, 0.5) is 0 Å². The van der Waals surface area contributed by atoms with E-state index in [9.17, 15) is 9.59 Å². The summed E-state index contributed by atoms with van der Waals surface area (Å²) in [6, 6.07) is 0. The summed E-state index contributed by atoms with van der Waals surface area (Å²) < 4.78 is 11.4. The molecular weight excluding hydrogens is 813 g/mol. The molecule has 0 aliphatic heterocycles. The Labute approximate surface area is 415 Å². The molecule has 6 heteroatoms. The number of nitrogens with one attached hydrogen (secondary N) is 2. The summed E-state index contributed by atoms with van der Waals surface area (Å²) in [6.07, 6.45) is 55.5. The molecule has 2 unspecified atom stereocenters. The summed E-state index contributed by atoms with van der Waals surface area (Å²) in [5.41, 5.74) is 0. The van der Waals surface area contributed by atoms with Crippen LogP contribution < -0.4 is 10.6 Å². The van der Waals surface area contributed by atoms with E-state index in [1.54, 1.807) is 0 Å². The second kappa shape index (κ2) is 60.0. The fourth-order valence-corrected chi connectivity index (χ4v) is 9.04. The molecule has 0 aliphatic carbocycles. The number of hydrogen-bond donors (Lipinski definition) is 2. The molecule has 396 valence electrons.